The predicted octanol–water partition coefficient (Wildman–Crippen LogP) is 5.49. The summed E-state index contributed by atoms with van der Waals surface area (Å²) in [5.74, 6) is -0.113. The Kier molecular flexibility index (Phi) is 8.43. The van der Waals surface area contributed by atoms with E-state index in [1.165, 1.54) is 25.3 Å². The Morgan fingerprint density at radius 1 is 1.00 bits per heavy atom. The summed E-state index contributed by atoms with van der Waals surface area (Å²) in [6, 6.07) is 3.85. The van der Waals surface area contributed by atoms with Gasteiger partial charge in [0.15, 0.2) is 9.84 Å². The van der Waals surface area contributed by atoms with Gasteiger partial charge in [0.05, 0.1) is 27.8 Å². The number of halogens is 3. The van der Waals surface area contributed by atoms with Gasteiger partial charge in [-0.3, -0.25) is 0 Å². The van der Waals surface area contributed by atoms with Crippen LogP contribution in [0.4, 0.5) is 13.2 Å². The molecule has 7 heteroatoms. The number of hydrogen-bond donors (Lipinski definition) is 0. The molecule has 3 nitrogen and oxygen atoms in total. The largest absolute Gasteiger partial charge is 0.417 e. The molecule has 0 aliphatic carbocycles. The van der Waals surface area contributed by atoms with E-state index in [1.807, 2.05) is 0 Å². The normalized spacial score (nSPS) is 12.1. The average molecular weight is 375 g/mol. The number of rotatable bonds is 10. The van der Waals surface area contributed by atoms with E-state index in [2.05, 4.69) is 6.92 Å². The zero-order chi connectivity index (χ0) is 18.9. The fraction of sp³-hybridized carbons (Fsp3) is 0.611. The number of nitriles is 1. The lowest BCUT2D eigenvalue weighted by Crippen LogP contribution is -2.11. The minimum Gasteiger partial charge on any atom is -0.224 e. The standard InChI is InChI=1S/C18H24F3NO2S/c1-2-3-4-5-6-7-8-9-12-25(23,24)16-10-11-17(18(19,20)21)15(13-16)14-22/h10-11,13H,2-9,12H2,1H3. The highest BCUT2D eigenvalue weighted by Gasteiger charge is 2.34. The van der Waals surface area contributed by atoms with Crippen LogP contribution < -0.4 is 0 Å². The third kappa shape index (κ3) is 7.07. The molecule has 140 valence electrons. The molecule has 0 fully saturated rings. The highest BCUT2D eigenvalue weighted by atomic mass is 32.2. The van der Waals surface area contributed by atoms with Crippen molar-refractivity contribution in [2.75, 3.05) is 5.75 Å². The fourth-order valence-electron chi connectivity index (χ4n) is 2.60. The van der Waals surface area contributed by atoms with Crippen LogP contribution in [0.5, 0.6) is 0 Å². The average Bonchev–Trinajstić information content (AvgIpc) is 2.55. The van der Waals surface area contributed by atoms with Crippen LogP contribution in [0.25, 0.3) is 0 Å². The second kappa shape index (κ2) is 9.81. The van der Waals surface area contributed by atoms with Crippen molar-refractivity contribution in [3.63, 3.8) is 0 Å². The SMILES string of the molecule is CCCCCCCCCCS(=O)(=O)c1ccc(C(F)(F)F)c(C#N)c1. The predicted molar refractivity (Wildman–Crippen MR) is 90.8 cm³/mol. The quantitative estimate of drug-likeness (QED) is 0.508. The summed E-state index contributed by atoms with van der Waals surface area (Å²) in [6.07, 6.45) is 3.32. The summed E-state index contributed by atoms with van der Waals surface area (Å²) in [6.45, 7) is 2.14. The van der Waals surface area contributed by atoms with Crippen LogP contribution in [0.15, 0.2) is 23.1 Å². The summed E-state index contributed by atoms with van der Waals surface area (Å²) in [7, 11) is -3.67. The molecule has 0 amide bonds. The monoisotopic (exact) mass is 375 g/mol. The molecule has 0 unspecified atom stereocenters. The molecule has 1 aromatic carbocycles. The molecule has 0 heterocycles. The smallest absolute Gasteiger partial charge is 0.224 e. The summed E-state index contributed by atoms with van der Waals surface area (Å²) in [4.78, 5) is -0.222. The van der Waals surface area contributed by atoms with Gasteiger partial charge in [-0.05, 0) is 24.6 Å². The van der Waals surface area contributed by atoms with Gasteiger partial charge in [-0.15, -0.1) is 0 Å². The van der Waals surface area contributed by atoms with Gasteiger partial charge in [0.25, 0.3) is 0 Å². The fourth-order valence-corrected chi connectivity index (χ4v) is 3.99. The van der Waals surface area contributed by atoms with Crippen LogP contribution in [-0.4, -0.2) is 14.2 Å². The molecule has 25 heavy (non-hydrogen) atoms. The van der Waals surface area contributed by atoms with Crippen LogP contribution in [0.2, 0.25) is 0 Å². The van der Waals surface area contributed by atoms with Gasteiger partial charge in [-0.25, -0.2) is 8.42 Å². The van der Waals surface area contributed by atoms with Crippen molar-refractivity contribution < 1.29 is 21.6 Å². The minimum atomic E-state index is -4.68. The van der Waals surface area contributed by atoms with Crippen LogP contribution in [0.3, 0.4) is 0 Å². The second-order valence-corrected chi connectivity index (χ2v) is 8.22. The lowest BCUT2D eigenvalue weighted by molar-refractivity contribution is -0.137. The Morgan fingerprint density at radius 3 is 2.08 bits per heavy atom. The van der Waals surface area contributed by atoms with E-state index in [0.29, 0.717) is 12.5 Å². The third-order valence-corrected chi connectivity index (χ3v) is 5.84. The van der Waals surface area contributed by atoms with Crippen molar-refractivity contribution in [2.24, 2.45) is 0 Å². The summed E-state index contributed by atoms with van der Waals surface area (Å²) in [5, 5.41) is 8.86. The Morgan fingerprint density at radius 2 is 1.56 bits per heavy atom. The molecule has 1 aromatic rings. The highest BCUT2D eigenvalue weighted by Crippen LogP contribution is 2.33. The van der Waals surface area contributed by atoms with Crippen molar-refractivity contribution in [3.8, 4) is 6.07 Å². The van der Waals surface area contributed by atoms with E-state index in [1.54, 1.807) is 0 Å². The molecule has 0 aromatic heterocycles. The molecule has 0 saturated carbocycles. The van der Waals surface area contributed by atoms with E-state index in [0.717, 1.165) is 37.8 Å². The molecular weight excluding hydrogens is 351 g/mol. The van der Waals surface area contributed by atoms with Crippen LogP contribution in [-0.2, 0) is 16.0 Å². The Labute approximate surface area is 147 Å². The zero-order valence-corrected chi connectivity index (χ0v) is 15.2. The molecule has 0 N–H and O–H groups in total. The Bertz CT molecular complexity index is 691. The lowest BCUT2D eigenvalue weighted by Gasteiger charge is -2.10. The van der Waals surface area contributed by atoms with Crippen molar-refractivity contribution in [3.05, 3.63) is 29.3 Å². The van der Waals surface area contributed by atoms with Gasteiger partial charge in [0.2, 0.25) is 0 Å². The second-order valence-electron chi connectivity index (χ2n) is 6.11. The van der Waals surface area contributed by atoms with Crippen LogP contribution in [0.1, 0.15) is 69.4 Å². The molecule has 0 saturated heterocycles. The zero-order valence-electron chi connectivity index (χ0n) is 14.4. The minimum absolute atomic E-state index is 0.113. The molecule has 0 aliphatic heterocycles. The van der Waals surface area contributed by atoms with Gasteiger partial charge in [0.1, 0.15) is 0 Å². The Balaban J connectivity index is 2.60. The van der Waals surface area contributed by atoms with Crippen LogP contribution in [0, 0.1) is 11.3 Å². The number of sulfone groups is 1. The molecule has 0 radical (unpaired) electrons. The van der Waals surface area contributed by atoms with E-state index in [-0.39, 0.29) is 10.6 Å². The molecule has 0 spiro atoms. The number of nitrogens with zero attached hydrogens (tertiary/aromatic N) is 1. The van der Waals surface area contributed by atoms with Crippen molar-refractivity contribution >= 4 is 9.84 Å². The van der Waals surface area contributed by atoms with Gasteiger partial charge in [-0.1, -0.05) is 51.9 Å². The van der Waals surface area contributed by atoms with E-state index >= 15 is 0 Å². The lowest BCUT2D eigenvalue weighted by atomic mass is 10.1. The van der Waals surface area contributed by atoms with Crippen molar-refractivity contribution in [2.45, 2.75) is 69.4 Å². The Hall–Kier alpha value is -1.55. The third-order valence-electron chi connectivity index (χ3n) is 4.04. The first-order chi connectivity index (χ1) is 11.7. The van der Waals surface area contributed by atoms with E-state index < -0.39 is 27.1 Å². The topological polar surface area (TPSA) is 57.9 Å². The molecular formula is C18H24F3NO2S. The molecule has 0 aliphatic rings. The molecule has 0 atom stereocenters. The number of hydrogen-bond acceptors (Lipinski definition) is 3. The van der Waals surface area contributed by atoms with E-state index in [4.69, 9.17) is 5.26 Å². The summed E-state index contributed by atoms with van der Waals surface area (Å²) < 4.78 is 62.8. The first-order valence-electron chi connectivity index (χ1n) is 8.56. The first-order valence-corrected chi connectivity index (χ1v) is 10.2. The summed E-state index contributed by atoms with van der Waals surface area (Å²) >= 11 is 0. The number of unbranched alkanes of at least 4 members (excludes halogenated alkanes) is 7. The number of alkyl halides is 3. The maximum Gasteiger partial charge on any atom is 0.417 e. The highest BCUT2D eigenvalue weighted by molar-refractivity contribution is 7.91. The number of benzene rings is 1. The molecule has 1 rings (SSSR count). The van der Waals surface area contributed by atoms with Gasteiger partial charge < -0.3 is 0 Å². The van der Waals surface area contributed by atoms with Gasteiger partial charge in [0, 0.05) is 0 Å². The van der Waals surface area contributed by atoms with Crippen molar-refractivity contribution in [1.82, 2.24) is 0 Å². The van der Waals surface area contributed by atoms with Gasteiger partial charge in [-0.2, -0.15) is 18.4 Å². The van der Waals surface area contributed by atoms with E-state index in [9.17, 15) is 21.6 Å². The summed E-state index contributed by atoms with van der Waals surface area (Å²) in [5.41, 5.74) is -1.77. The molecule has 0 bridgehead atoms. The first kappa shape index (κ1) is 21.5. The van der Waals surface area contributed by atoms with Crippen molar-refractivity contribution in [1.29, 1.82) is 5.26 Å². The van der Waals surface area contributed by atoms with Crippen LogP contribution >= 0.6 is 0 Å². The maximum atomic E-state index is 12.8. The maximum absolute atomic E-state index is 12.8. The van der Waals surface area contributed by atoms with Gasteiger partial charge >= 0.3 is 6.18 Å².